The topological polar surface area (TPSA) is 0 Å². The first-order chi connectivity index (χ1) is 16.2. The van der Waals surface area contributed by atoms with Gasteiger partial charge in [0.25, 0.3) is 0 Å². The SMILES string of the molecule is Brc1cccc2c1C(c1ccccc1)[C]([Zr+2][C]1=Cc3cc4ccc3C1c1cccc(c1)S4)=C2.[F-].[F-]. The summed E-state index contributed by atoms with van der Waals surface area (Å²) in [5.41, 5.74) is 8.59. The van der Waals surface area contributed by atoms with E-state index >= 15 is 0 Å². The van der Waals surface area contributed by atoms with E-state index in [0.29, 0.717) is 11.8 Å². The third-order valence-corrected chi connectivity index (χ3v) is 12.1. The van der Waals surface area contributed by atoms with Crippen molar-refractivity contribution in [3.63, 3.8) is 0 Å². The van der Waals surface area contributed by atoms with Gasteiger partial charge in [0, 0.05) is 0 Å². The van der Waals surface area contributed by atoms with Gasteiger partial charge >= 0.3 is 220 Å². The molecule has 0 amide bonds. The van der Waals surface area contributed by atoms with Gasteiger partial charge in [0.2, 0.25) is 0 Å². The van der Waals surface area contributed by atoms with E-state index in [1.165, 1.54) is 47.6 Å². The molecule has 4 aromatic carbocycles. The van der Waals surface area contributed by atoms with Gasteiger partial charge in [0.1, 0.15) is 0 Å². The fraction of sp³-hybridized carbons (Fsp3) is 0.0667. The van der Waals surface area contributed by atoms with Crippen LogP contribution in [0.3, 0.4) is 0 Å². The minimum Gasteiger partial charge on any atom is -1.00 e. The molecule has 0 aromatic heterocycles. The molecule has 35 heavy (non-hydrogen) atoms. The normalized spacial score (nSPS) is 18.1. The first-order valence-corrected chi connectivity index (χ1v) is 15.3. The van der Waals surface area contributed by atoms with E-state index in [4.69, 9.17) is 0 Å². The zero-order chi connectivity index (χ0) is 21.9. The van der Waals surface area contributed by atoms with Gasteiger partial charge in [0.05, 0.1) is 0 Å². The smallest absolute Gasteiger partial charge is 1.00 e. The Kier molecular flexibility index (Phi) is 6.87. The number of fused-ring (bicyclic) bond motifs is 2. The van der Waals surface area contributed by atoms with Crippen molar-refractivity contribution >= 4 is 39.8 Å². The summed E-state index contributed by atoms with van der Waals surface area (Å²) in [6.07, 6.45) is 5.05. The molecule has 170 valence electrons. The number of halogens is 3. The van der Waals surface area contributed by atoms with E-state index in [-0.39, 0.29) is 9.41 Å². The molecule has 0 spiro atoms. The molecule has 2 heterocycles. The van der Waals surface area contributed by atoms with Crippen molar-refractivity contribution in [1.82, 2.24) is 0 Å². The number of rotatable bonds is 3. The summed E-state index contributed by atoms with van der Waals surface area (Å²) >= 11 is 4.73. The summed E-state index contributed by atoms with van der Waals surface area (Å²) in [5, 5.41) is 0. The van der Waals surface area contributed by atoms with Crippen LogP contribution in [0.15, 0.2) is 112 Å². The summed E-state index contributed by atoms with van der Waals surface area (Å²) in [7, 11) is 0. The van der Waals surface area contributed by atoms with Gasteiger partial charge in [0.15, 0.2) is 0 Å². The van der Waals surface area contributed by atoms with Gasteiger partial charge in [-0.05, 0) is 0 Å². The molecule has 0 radical (unpaired) electrons. The molecule has 0 nitrogen and oxygen atoms in total. The van der Waals surface area contributed by atoms with Gasteiger partial charge in [-0.2, -0.15) is 0 Å². The van der Waals surface area contributed by atoms with E-state index in [0.717, 1.165) is 0 Å². The second-order valence-electron chi connectivity index (χ2n) is 8.81. The minimum absolute atomic E-state index is 0. The van der Waals surface area contributed by atoms with Crippen LogP contribution >= 0.6 is 27.7 Å². The van der Waals surface area contributed by atoms with Crippen LogP contribution in [0.25, 0.3) is 12.2 Å². The van der Waals surface area contributed by atoms with Crippen molar-refractivity contribution in [1.29, 1.82) is 0 Å². The van der Waals surface area contributed by atoms with Crippen LogP contribution in [0.5, 0.6) is 0 Å². The Balaban J connectivity index is 0.00000127. The van der Waals surface area contributed by atoms with Gasteiger partial charge in [-0.1, -0.05) is 0 Å². The van der Waals surface area contributed by atoms with Crippen LogP contribution in [0, 0.1) is 0 Å². The molecular weight excluding hydrogens is 602 g/mol. The fourth-order valence-electron chi connectivity index (χ4n) is 5.44. The standard InChI is InChI=1S/C15H10Br.C15H9S.2FH.Zr/c16-14-8-4-7-12-9-10-13(15(12)14)11-5-2-1-3-6-11;1-2-10-8-12(3-1)16-13-5-7-15-11(9-13)4-6-14(10)15;;;/h1-9,13H;1-5,7-9,14H;2*1H;/q;;;;+2/p-2. The quantitative estimate of drug-likeness (QED) is 0.340. The van der Waals surface area contributed by atoms with Gasteiger partial charge in [-0.25, -0.2) is 0 Å². The number of hydrogen-bond acceptors (Lipinski definition) is 1. The zero-order valence-electron chi connectivity index (χ0n) is 18.5. The monoisotopic (exact) mass is 618 g/mol. The second kappa shape index (κ2) is 9.77. The molecular formula is C30H19BrF2SZr. The summed E-state index contributed by atoms with van der Waals surface area (Å²) in [6.45, 7) is 0. The Labute approximate surface area is 228 Å². The van der Waals surface area contributed by atoms with Crippen LogP contribution in [-0.4, -0.2) is 0 Å². The first kappa shape index (κ1) is 24.6. The molecule has 2 aliphatic carbocycles. The van der Waals surface area contributed by atoms with Crippen molar-refractivity contribution < 1.29 is 32.6 Å². The second-order valence-corrected chi connectivity index (χ2v) is 14.3. The van der Waals surface area contributed by atoms with Crippen LogP contribution < -0.4 is 9.41 Å². The Hall–Kier alpha value is -2.07. The largest absolute Gasteiger partial charge is 1.00 e. The number of allylic oxidation sites excluding steroid dienone is 2. The maximum atomic E-state index is 3.88. The van der Waals surface area contributed by atoms with Crippen LogP contribution in [0.2, 0.25) is 0 Å². The average molecular weight is 621 g/mol. The maximum absolute atomic E-state index is 3.88. The summed E-state index contributed by atoms with van der Waals surface area (Å²) < 4.78 is 4.55. The summed E-state index contributed by atoms with van der Waals surface area (Å²) in [6, 6.07) is 34.0. The zero-order valence-corrected chi connectivity index (χ0v) is 23.4. The molecule has 4 aliphatic rings. The molecule has 8 rings (SSSR count). The summed E-state index contributed by atoms with van der Waals surface area (Å²) in [5.74, 6) is 0.766. The molecule has 0 fully saturated rings. The van der Waals surface area contributed by atoms with Gasteiger partial charge < -0.3 is 9.41 Å². The molecule has 4 aromatic rings. The minimum atomic E-state index is -1.03. The predicted octanol–water partition coefficient (Wildman–Crippen LogP) is 2.68. The van der Waals surface area contributed by atoms with Crippen LogP contribution in [0.1, 0.15) is 45.2 Å². The first-order valence-electron chi connectivity index (χ1n) is 11.2. The van der Waals surface area contributed by atoms with E-state index < -0.39 is 23.2 Å². The Bertz CT molecular complexity index is 1500. The third kappa shape index (κ3) is 4.16. The van der Waals surface area contributed by atoms with Gasteiger partial charge in [-0.3, -0.25) is 0 Å². The average Bonchev–Trinajstić information content (AvgIpc) is 3.39. The fourth-order valence-corrected chi connectivity index (χ4v) is 11.2. The van der Waals surface area contributed by atoms with E-state index in [9.17, 15) is 0 Å². The summed E-state index contributed by atoms with van der Waals surface area (Å²) in [4.78, 5) is 2.69. The molecule has 0 N–H and O–H groups in total. The van der Waals surface area contributed by atoms with Crippen LogP contribution in [-0.2, 0) is 23.2 Å². The Morgan fingerprint density at radius 1 is 0.629 bits per heavy atom. The Morgan fingerprint density at radius 2 is 1.34 bits per heavy atom. The molecule has 6 bridgehead atoms. The molecule has 5 heteroatoms. The van der Waals surface area contributed by atoms with E-state index in [2.05, 4.69) is 119 Å². The molecule has 0 saturated carbocycles. The van der Waals surface area contributed by atoms with Crippen LogP contribution in [0.4, 0.5) is 0 Å². The van der Waals surface area contributed by atoms with Crippen molar-refractivity contribution in [2.75, 3.05) is 0 Å². The van der Waals surface area contributed by atoms with Crippen molar-refractivity contribution in [3.05, 3.63) is 135 Å². The van der Waals surface area contributed by atoms with Crippen molar-refractivity contribution in [2.45, 2.75) is 21.6 Å². The predicted molar refractivity (Wildman–Crippen MR) is 137 cm³/mol. The molecule has 2 unspecified atom stereocenters. The van der Waals surface area contributed by atoms with Gasteiger partial charge in [-0.15, -0.1) is 0 Å². The Morgan fingerprint density at radius 3 is 2.20 bits per heavy atom. The molecule has 2 atom stereocenters. The third-order valence-electron chi connectivity index (χ3n) is 6.84. The molecule has 0 saturated heterocycles. The maximum Gasteiger partial charge on any atom is -1.00 e. The molecule has 2 aliphatic heterocycles. The number of hydrogen-bond donors (Lipinski definition) is 0. The van der Waals surface area contributed by atoms with E-state index in [1.807, 2.05) is 11.8 Å². The van der Waals surface area contributed by atoms with E-state index in [1.54, 1.807) is 6.56 Å². The van der Waals surface area contributed by atoms with Crippen molar-refractivity contribution in [2.24, 2.45) is 0 Å². The number of benzene rings is 4. The van der Waals surface area contributed by atoms with Crippen molar-refractivity contribution in [3.8, 4) is 0 Å².